The molecule has 7 heteroatoms. The maximum absolute atomic E-state index is 11.8. The van der Waals surface area contributed by atoms with Gasteiger partial charge in [0.2, 0.25) is 0 Å². The standard InChI is InChI=1S/C9H15N3O3S/c1-7-10-6-9(12-7)16(13,14)11-5-8-3-2-4-15-8/h6,8,11H,2-5H2,1H3,(H,10,12). The highest BCUT2D eigenvalue weighted by Crippen LogP contribution is 2.12. The van der Waals surface area contributed by atoms with Crippen LogP contribution in [0, 0.1) is 6.92 Å². The van der Waals surface area contributed by atoms with Crippen LogP contribution in [0.1, 0.15) is 18.7 Å². The van der Waals surface area contributed by atoms with Crippen molar-refractivity contribution >= 4 is 10.0 Å². The predicted molar refractivity (Wildman–Crippen MR) is 57.5 cm³/mol. The number of H-pyrrole nitrogens is 1. The third-order valence-electron chi connectivity index (χ3n) is 2.49. The van der Waals surface area contributed by atoms with Gasteiger partial charge >= 0.3 is 0 Å². The second kappa shape index (κ2) is 4.52. The monoisotopic (exact) mass is 245 g/mol. The molecule has 1 aromatic rings. The third-order valence-corrected chi connectivity index (χ3v) is 3.83. The number of hydrogen-bond acceptors (Lipinski definition) is 4. The summed E-state index contributed by atoms with van der Waals surface area (Å²) in [5, 5.41) is 0.1000. The number of nitrogens with zero attached hydrogens (tertiary/aromatic N) is 1. The SMILES string of the molecule is Cc1ncc(S(=O)(=O)NCC2CCCO2)[nH]1. The van der Waals surface area contributed by atoms with Crippen molar-refractivity contribution in [2.75, 3.05) is 13.2 Å². The molecule has 1 aliphatic rings. The average Bonchev–Trinajstić information content (AvgIpc) is 2.85. The van der Waals surface area contributed by atoms with Crippen molar-refractivity contribution in [2.45, 2.75) is 30.9 Å². The zero-order chi connectivity index (χ0) is 11.6. The highest BCUT2D eigenvalue weighted by atomic mass is 32.2. The quantitative estimate of drug-likeness (QED) is 0.792. The molecule has 1 saturated heterocycles. The second-order valence-electron chi connectivity index (χ2n) is 3.82. The lowest BCUT2D eigenvalue weighted by atomic mass is 10.2. The molecular formula is C9H15N3O3S. The van der Waals surface area contributed by atoms with Crippen molar-refractivity contribution in [3.63, 3.8) is 0 Å². The van der Waals surface area contributed by atoms with E-state index in [4.69, 9.17) is 4.74 Å². The molecule has 1 aliphatic heterocycles. The highest BCUT2D eigenvalue weighted by Gasteiger charge is 2.21. The molecular weight excluding hydrogens is 230 g/mol. The van der Waals surface area contributed by atoms with Crippen molar-refractivity contribution in [3.8, 4) is 0 Å². The van der Waals surface area contributed by atoms with Crippen molar-refractivity contribution in [2.24, 2.45) is 0 Å². The summed E-state index contributed by atoms with van der Waals surface area (Å²) in [6, 6.07) is 0. The summed E-state index contributed by atoms with van der Waals surface area (Å²) in [6.45, 7) is 2.75. The average molecular weight is 245 g/mol. The lowest BCUT2D eigenvalue weighted by molar-refractivity contribution is 0.114. The summed E-state index contributed by atoms with van der Waals surface area (Å²) in [6.07, 6.45) is 3.21. The number of aromatic amines is 1. The molecule has 0 aromatic carbocycles. The summed E-state index contributed by atoms with van der Waals surface area (Å²) >= 11 is 0. The Morgan fingerprint density at radius 2 is 2.50 bits per heavy atom. The van der Waals surface area contributed by atoms with Crippen LogP contribution < -0.4 is 4.72 Å². The topological polar surface area (TPSA) is 84.1 Å². The molecule has 1 atom stereocenters. The van der Waals surface area contributed by atoms with E-state index in [-0.39, 0.29) is 11.1 Å². The molecule has 0 radical (unpaired) electrons. The van der Waals surface area contributed by atoms with E-state index in [1.54, 1.807) is 6.92 Å². The minimum Gasteiger partial charge on any atom is -0.377 e. The summed E-state index contributed by atoms with van der Waals surface area (Å²) in [5.74, 6) is 0.581. The second-order valence-corrected chi connectivity index (χ2v) is 5.56. The minimum absolute atomic E-state index is 0.00112. The molecule has 16 heavy (non-hydrogen) atoms. The number of ether oxygens (including phenoxy) is 1. The van der Waals surface area contributed by atoms with E-state index in [9.17, 15) is 8.42 Å². The normalized spacial score (nSPS) is 21.4. The van der Waals surface area contributed by atoms with Crippen molar-refractivity contribution in [3.05, 3.63) is 12.0 Å². The largest absolute Gasteiger partial charge is 0.377 e. The highest BCUT2D eigenvalue weighted by molar-refractivity contribution is 7.89. The first-order valence-electron chi connectivity index (χ1n) is 5.21. The van der Waals surface area contributed by atoms with E-state index >= 15 is 0 Å². The number of nitrogens with one attached hydrogen (secondary N) is 2. The first kappa shape index (κ1) is 11.6. The van der Waals surface area contributed by atoms with Gasteiger partial charge in [-0.1, -0.05) is 0 Å². The van der Waals surface area contributed by atoms with E-state index in [0.717, 1.165) is 19.4 Å². The fourth-order valence-corrected chi connectivity index (χ4v) is 2.65. The molecule has 1 fully saturated rings. The van der Waals surface area contributed by atoms with E-state index < -0.39 is 10.0 Å². The van der Waals surface area contributed by atoms with E-state index in [2.05, 4.69) is 14.7 Å². The van der Waals surface area contributed by atoms with Gasteiger partial charge in [0, 0.05) is 13.2 Å². The van der Waals surface area contributed by atoms with Crippen LogP contribution in [0.5, 0.6) is 0 Å². The van der Waals surface area contributed by atoms with Gasteiger partial charge in [-0.05, 0) is 19.8 Å². The first-order valence-corrected chi connectivity index (χ1v) is 6.69. The molecule has 0 bridgehead atoms. The van der Waals surface area contributed by atoms with Crippen LogP contribution >= 0.6 is 0 Å². The Balaban J connectivity index is 1.97. The van der Waals surface area contributed by atoms with Gasteiger partial charge in [0.25, 0.3) is 10.0 Å². The molecule has 1 aromatic heterocycles. The molecule has 1 unspecified atom stereocenters. The summed E-state index contributed by atoms with van der Waals surface area (Å²) in [4.78, 5) is 6.55. The van der Waals surface area contributed by atoms with Gasteiger partial charge in [-0.2, -0.15) is 0 Å². The van der Waals surface area contributed by atoms with Crippen LogP contribution in [0.15, 0.2) is 11.2 Å². The van der Waals surface area contributed by atoms with Crippen molar-refractivity contribution in [1.82, 2.24) is 14.7 Å². The number of sulfonamides is 1. The zero-order valence-electron chi connectivity index (χ0n) is 9.06. The Morgan fingerprint density at radius 3 is 3.06 bits per heavy atom. The lowest BCUT2D eigenvalue weighted by Crippen LogP contribution is -2.32. The van der Waals surface area contributed by atoms with Gasteiger partial charge in [0.05, 0.1) is 12.3 Å². The molecule has 0 spiro atoms. The summed E-state index contributed by atoms with van der Waals surface area (Å²) < 4.78 is 31.4. The number of aromatic nitrogens is 2. The third kappa shape index (κ3) is 2.60. The van der Waals surface area contributed by atoms with Gasteiger partial charge < -0.3 is 9.72 Å². The lowest BCUT2D eigenvalue weighted by Gasteiger charge is -2.09. The number of imidazole rings is 1. The van der Waals surface area contributed by atoms with Gasteiger partial charge in [-0.3, -0.25) is 0 Å². The van der Waals surface area contributed by atoms with Crippen molar-refractivity contribution < 1.29 is 13.2 Å². The maximum atomic E-state index is 11.8. The number of aryl methyl sites for hydroxylation is 1. The molecule has 0 saturated carbocycles. The van der Waals surface area contributed by atoms with E-state index in [0.29, 0.717) is 12.4 Å². The molecule has 6 nitrogen and oxygen atoms in total. The van der Waals surface area contributed by atoms with Crippen molar-refractivity contribution in [1.29, 1.82) is 0 Å². The van der Waals surface area contributed by atoms with Crippen LogP contribution in [0.2, 0.25) is 0 Å². The van der Waals surface area contributed by atoms with Gasteiger partial charge in [0.15, 0.2) is 5.03 Å². The zero-order valence-corrected chi connectivity index (χ0v) is 9.88. The Hall–Kier alpha value is -0.920. The van der Waals surface area contributed by atoms with Crippen LogP contribution in [0.25, 0.3) is 0 Å². The van der Waals surface area contributed by atoms with E-state index in [1.807, 2.05) is 0 Å². The fourth-order valence-electron chi connectivity index (χ4n) is 1.62. The molecule has 0 amide bonds. The number of hydrogen-bond donors (Lipinski definition) is 2. The molecule has 90 valence electrons. The minimum atomic E-state index is -3.47. The fraction of sp³-hybridized carbons (Fsp3) is 0.667. The van der Waals surface area contributed by atoms with Crippen LogP contribution in [0.4, 0.5) is 0 Å². The Bertz CT molecular complexity index is 448. The first-order chi connectivity index (χ1) is 7.58. The Labute approximate surface area is 94.5 Å². The summed E-state index contributed by atoms with van der Waals surface area (Å²) in [5.41, 5.74) is 0. The van der Waals surface area contributed by atoms with Gasteiger partial charge in [-0.25, -0.2) is 18.1 Å². The maximum Gasteiger partial charge on any atom is 0.257 e. The van der Waals surface area contributed by atoms with Gasteiger partial charge in [-0.15, -0.1) is 0 Å². The van der Waals surface area contributed by atoms with E-state index in [1.165, 1.54) is 6.20 Å². The van der Waals surface area contributed by atoms with Gasteiger partial charge in [0.1, 0.15) is 5.82 Å². The molecule has 2 N–H and O–H groups in total. The van der Waals surface area contributed by atoms with Crippen LogP contribution in [-0.4, -0.2) is 37.6 Å². The smallest absolute Gasteiger partial charge is 0.257 e. The molecule has 0 aliphatic carbocycles. The van der Waals surface area contributed by atoms with Crippen LogP contribution in [0.3, 0.4) is 0 Å². The predicted octanol–water partition coefficient (Wildman–Crippen LogP) is 0.175. The summed E-state index contributed by atoms with van der Waals surface area (Å²) in [7, 11) is -3.47. The molecule has 2 rings (SSSR count). The number of rotatable bonds is 4. The molecule has 2 heterocycles. The Kier molecular flexibility index (Phi) is 3.27. The Morgan fingerprint density at radius 1 is 1.69 bits per heavy atom. The van der Waals surface area contributed by atoms with Crippen LogP contribution in [-0.2, 0) is 14.8 Å².